The molecule has 25 heavy (non-hydrogen) atoms. The third-order valence-electron chi connectivity index (χ3n) is 5.77. The zero-order valence-electron chi connectivity index (χ0n) is 14.5. The molecule has 0 radical (unpaired) electrons. The Kier molecular flexibility index (Phi) is 4.80. The predicted octanol–water partition coefficient (Wildman–Crippen LogP) is 4.79. The van der Waals surface area contributed by atoms with E-state index < -0.39 is 0 Å². The highest BCUT2D eigenvalue weighted by atomic mass is 32.2. The first kappa shape index (κ1) is 16.6. The van der Waals surface area contributed by atoms with E-state index >= 15 is 0 Å². The number of hydrogen-bond donors (Lipinski definition) is 1. The molecule has 130 valence electrons. The molecule has 1 heterocycles. The van der Waals surface area contributed by atoms with Gasteiger partial charge in [0.15, 0.2) is 0 Å². The quantitative estimate of drug-likeness (QED) is 0.841. The van der Waals surface area contributed by atoms with E-state index in [0.717, 1.165) is 21.8 Å². The lowest BCUT2D eigenvalue weighted by molar-refractivity contribution is 0.0911. The maximum Gasteiger partial charge on any atom is 0.254 e. The van der Waals surface area contributed by atoms with Gasteiger partial charge in [0, 0.05) is 17.1 Å². The fourth-order valence-corrected chi connectivity index (χ4v) is 5.44. The van der Waals surface area contributed by atoms with E-state index in [0.29, 0.717) is 11.5 Å². The summed E-state index contributed by atoms with van der Waals surface area (Å²) in [7, 11) is 0. The van der Waals surface area contributed by atoms with Crippen molar-refractivity contribution in [2.24, 2.45) is 17.8 Å². The molecule has 2 aliphatic carbocycles. The van der Waals surface area contributed by atoms with E-state index in [9.17, 15) is 4.79 Å². The van der Waals surface area contributed by atoms with Crippen molar-refractivity contribution in [1.82, 2.24) is 10.3 Å². The van der Waals surface area contributed by atoms with E-state index in [2.05, 4.69) is 17.2 Å². The second kappa shape index (κ2) is 7.20. The van der Waals surface area contributed by atoms with Gasteiger partial charge >= 0.3 is 0 Å². The van der Waals surface area contributed by atoms with Gasteiger partial charge in [0.25, 0.3) is 5.91 Å². The molecular formula is C21H24N2OS. The number of pyridine rings is 1. The molecule has 4 atom stereocenters. The van der Waals surface area contributed by atoms with Crippen LogP contribution in [0.3, 0.4) is 0 Å². The summed E-state index contributed by atoms with van der Waals surface area (Å²) in [6.45, 7) is 2.17. The molecule has 1 amide bonds. The van der Waals surface area contributed by atoms with Crippen LogP contribution in [0.2, 0.25) is 0 Å². The van der Waals surface area contributed by atoms with Crippen LogP contribution in [-0.2, 0) is 0 Å². The Morgan fingerprint density at radius 1 is 1.16 bits per heavy atom. The SMILES string of the molecule is C[C@H](NC(=O)c1cccnc1Sc1ccccc1)[C@@H]1C[C@H]2CC[C@H]1C2. The molecule has 2 saturated carbocycles. The number of amides is 1. The molecule has 0 saturated heterocycles. The second-order valence-electron chi connectivity index (χ2n) is 7.37. The Morgan fingerprint density at radius 3 is 2.72 bits per heavy atom. The smallest absolute Gasteiger partial charge is 0.254 e. The van der Waals surface area contributed by atoms with Crippen molar-refractivity contribution in [2.45, 2.75) is 48.6 Å². The monoisotopic (exact) mass is 352 g/mol. The van der Waals surface area contributed by atoms with Crippen molar-refractivity contribution in [3.8, 4) is 0 Å². The summed E-state index contributed by atoms with van der Waals surface area (Å²) in [4.78, 5) is 18.4. The van der Waals surface area contributed by atoms with Gasteiger partial charge in [0.1, 0.15) is 5.03 Å². The minimum Gasteiger partial charge on any atom is -0.349 e. The van der Waals surface area contributed by atoms with Crippen LogP contribution in [-0.4, -0.2) is 16.9 Å². The maximum absolute atomic E-state index is 12.9. The number of benzene rings is 1. The molecule has 4 rings (SSSR count). The lowest BCUT2D eigenvalue weighted by Crippen LogP contribution is -2.40. The molecule has 2 fully saturated rings. The van der Waals surface area contributed by atoms with E-state index in [1.807, 2.05) is 42.5 Å². The number of carbonyl (C=O) groups excluding carboxylic acids is 1. The molecule has 2 aromatic rings. The molecule has 0 unspecified atom stereocenters. The first-order valence-corrected chi connectivity index (χ1v) is 10.0. The number of aromatic nitrogens is 1. The van der Waals surface area contributed by atoms with Crippen LogP contribution in [0.15, 0.2) is 58.6 Å². The van der Waals surface area contributed by atoms with Crippen LogP contribution >= 0.6 is 11.8 Å². The fraction of sp³-hybridized carbons (Fsp3) is 0.429. The summed E-state index contributed by atoms with van der Waals surface area (Å²) in [5.74, 6) is 2.36. The summed E-state index contributed by atoms with van der Waals surface area (Å²) in [6, 6.07) is 14.0. The average Bonchev–Trinajstić information content (AvgIpc) is 3.26. The van der Waals surface area contributed by atoms with Gasteiger partial charge in [-0.15, -0.1) is 0 Å². The van der Waals surface area contributed by atoms with Crippen molar-refractivity contribution in [3.05, 3.63) is 54.2 Å². The highest BCUT2D eigenvalue weighted by Crippen LogP contribution is 2.49. The molecule has 4 heteroatoms. The van der Waals surface area contributed by atoms with Crippen LogP contribution < -0.4 is 5.32 Å². The normalized spacial score (nSPS) is 25.7. The summed E-state index contributed by atoms with van der Waals surface area (Å²) in [5.41, 5.74) is 0.673. The molecule has 2 bridgehead atoms. The third kappa shape index (κ3) is 3.59. The van der Waals surface area contributed by atoms with E-state index in [-0.39, 0.29) is 11.9 Å². The van der Waals surface area contributed by atoms with Crippen molar-refractivity contribution >= 4 is 17.7 Å². The molecule has 0 spiro atoms. The minimum absolute atomic E-state index is 0.00167. The zero-order chi connectivity index (χ0) is 17.2. The van der Waals surface area contributed by atoms with Crippen molar-refractivity contribution < 1.29 is 4.79 Å². The molecule has 1 N–H and O–H groups in total. The molecular weight excluding hydrogens is 328 g/mol. The molecule has 3 nitrogen and oxygen atoms in total. The third-order valence-corrected chi connectivity index (χ3v) is 6.79. The number of fused-ring (bicyclic) bond motifs is 2. The number of nitrogens with one attached hydrogen (secondary N) is 1. The Bertz CT molecular complexity index is 749. The Morgan fingerprint density at radius 2 is 2.00 bits per heavy atom. The number of rotatable bonds is 5. The van der Waals surface area contributed by atoms with Crippen LogP contribution in [0, 0.1) is 17.8 Å². The lowest BCUT2D eigenvalue weighted by atomic mass is 9.84. The van der Waals surface area contributed by atoms with E-state index in [1.165, 1.54) is 25.7 Å². The maximum atomic E-state index is 12.9. The van der Waals surface area contributed by atoms with E-state index in [1.54, 1.807) is 18.0 Å². The van der Waals surface area contributed by atoms with Crippen LogP contribution in [0.4, 0.5) is 0 Å². The molecule has 1 aromatic heterocycles. The van der Waals surface area contributed by atoms with Crippen molar-refractivity contribution in [1.29, 1.82) is 0 Å². The topological polar surface area (TPSA) is 42.0 Å². The summed E-state index contributed by atoms with van der Waals surface area (Å²) < 4.78 is 0. The van der Waals surface area contributed by atoms with Gasteiger partial charge < -0.3 is 5.32 Å². The van der Waals surface area contributed by atoms with Crippen LogP contribution in [0.25, 0.3) is 0 Å². The average molecular weight is 353 g/mol. The minimum atomic E-state index is 0.00167. The molecule has 0 aliphatic heterocycles. The van der Waals surface area contributed by atoms with Gasteiger partial charge in [0.2, 0.25) is 0 Å². The van der Waals surface area contributed by atoms with E-state index in [4.69, 9.17) is 0 Å². The molecule has 2 aliphatic rings. The van der Waals surface area contributed by atoms with Crippen LogP contribution in [0.1, 0.15) is 43.0 Å². The number of hydrogen-bond acceptors (Lipinski definition) is 3. The highest BCUT2D eigenvalue weighted by Gasteiger charge is 2.42. The number of carbonyl (C=O) groups is 1. The molecule has 1 aromatic carbocycles. The zero-order valence-corrected chi connectivity index (χ0v) is 15.3. The van der Waals surface area contributed by atoms with Gasteiger partial charge in [-0.25, -0.2) is 4.98 Å². The summed E-state index contributed by atoms with van der Waals surface area (Å²) in [5, 5.41) is 4.03. The van der Waals surface area contributed by atoms with Gasteiger partial charge in [-0.1, -0.05) is 36.4 Å². The Hall–Kier alpha value is -1.81. The van der Waals surface area contributed by atoms with Gasteiger partial charge in [-0.3, -0.25) is 4.79 Å². The first-order chi connectivity index (χ1) is 12.2. The van der Waals surface area contributed by atoms with Gasteiger partial charge in [-0.2, -0.15) is 0 Å². The largest absolute Gasteiger partial charge is 0.349 e. The summed E-state index contributed by atoms with van der Waals surface area (Å²) in [6.07, 6.45) is 7.14. The Balaban J connectivity index is 1.47. The Labute approximate surface area is 153 Å². The predicted molar refractivity (Wildman–Crippen MR) is 101 cm³/mol. The fourth-order valence-electron chi connectivity index (χ4n) is 4.54. The van der Waals surface area contributed by atoms with Gasteiger partial charge in [0.05, 0.1) is 5.56 Å². The first-order valence-electron chi connectivity index (χ1n) is 9.19. The highest BCUT2D eigenvalue weighted by molar-refractivity contribution is 7.99. The summed E-state index contributed by atoms with van der Waals surface area (Å²) >= 11 is 1.54. The lowest BCUT2D eigenvalue weighted by Gasteiger charge is -2.28. The van der Waals surface area contributed by atoms with Crippen molar-refractivity contribution in [3.63, 3.8) is 0 Å². The second-order valence-corrected chi connectivity index (χ2v) is 8.43. The van der Waals surface area contributed by atoms with Gasteiger partial charge in [-0.05, 0) is 68.2 Å². The van der Waals surface area contributed by atoms with Crippen molar-refractivity contribution in [2.75, 3.05) is 0 Å². The standard InChI is InChI=1S/C21H24N2OS/c1-14(19-13-15-9-10-16(19)12-15)23-20(24)18-8-5-11-22-21(18)25-17-6-3-2-4-7-17/h2-8,11,14-16,19H,9-10,12-13H2,1H3,(H,23,24)/t14-,15-,16-,19-/m0/s1. The van der Waals surface area contributed by atoms with Crippen LogP contribution in [0.5, 0.6) is 0 Å². The number of nitrogens with zero attached hydrogens (tertiary/aromatic N) is 1.